The molecule has 0 saturated heterocycles. The highest BCUT2D eigenvalue weighted by Gasteiger charge is 2.27. The summed E-state index contributed by atoms with van der Waals surface area (Å²) >= 11 is 6.11. The van der Waals surface area contributed by atoms with Crippen LogP contribution in [0.5, 0.6) is 5.75 Å². The predicted octanol–water partition coefficient (Wildman–Crippen LogP) is 2.49. The Balaban J connectivity index is 1.90. The molecule has 1 aromatic carbocycles. The van der Waals surface area contributed by atoms with Crippen molar-refractivity contribution in [1.82, 2.24) is 9.71 Å². The van der Waals surface area contributed by atoms with Crippen molar-refractivity contribution in [2.45, 2.75) is 31.3 Å². The van der Waals surface area contributed by atoms with Gasteiger partial charge in [-0.05, 0) is 37.6 Å². The Morgan fingerprint density at radius 2 is 2.08 bits per heavy atom. The maximum Gasteiger partial charge on any atom is 0.266 e. The van der Waals surface area contributed by atoms with Crippen molar-refractivity contribution < 1.29 is 17.9 Å². The molecule has 1 N–H and O–H groups in total. The number of pyridine rings is 1. The van der Waals surface area contributed by atoms with Crippen LogP contribution >= 0.6 is 11.6 Å². The molecule has 0 saturated carbocycles. The number of amides is 1. The molecular weight excluding hydrogens is 352 g/mol. The third kappa shape index (κ3) is 3.22. The van der Waals surface area contributed by atoms with E-state index in [4.69, 9.17) is 16.3 Å². The van der Waals surface area contributed by atoms with Crippen molar-refractivity contribution in [3.8, 4) is 5.75 Å². The summed E-state index contributed by atoms with van der Waals surface area (Å²) in [6.45, 7) is 3.64. The van der Waals surface area contributed by atoms with E-state index < -0.39 is 15.9 Å². The summed E-state index contributed by atoms with van der Waals surface area (Å²) < 4.78 is 32.6. The van der Waals surface area contributed by atoms with Crippen LogP contribution in [0.15, 0.2) is 35.5 Å². The van der Waals surface area contributed by atoms with Crippen molar-refractivity contribution in [3.05, 3.63) is 52.3 Å². The summed E-state index contributed by atoms with van der Waals surface area (Å²) in [7, 11) is -4.05. The molecular formula is C16H15ClN2O4S. The van der Waals surface area contributed by atoms with E-state index in [1.54, 1.807) is 19.2 Å². The lowest BCUT2D eigenvalue weighted by Gasteiger charge is -2.10. The molecule has 1 aliphatic rings. The fraction of sp³-hybridized carbons (Fsp3) is 0.250. The molecule has 24 heavy (non-hydrogen) atoms. The van der Waals surface area contributed by atoms with E-state index in [9.17, 15) is 13.2 Å². The molecule has 1 aromatic heterocycles. The maximum absolute atomic E-state index is 12.5. The summed E-state index contributed by atoms with van der Waals surface area (Å²) in [5.41, 5.74) is 1.63. The van der Waals surface area contributed by atoms with Crippen LogP contribution in [-0.2, 0) is 16.4 Å². The number of nitrogens with zero attached hydrogens (tertiary/aromatic N) is 1. The molecule has 2 aromatic rings. The summed E-state index contributed by atoms with van der Waals surface area (Å²) in [6.07, 6.45) is 3.38. The molecule has 1 amide bonds. The van der Waals surface area contributed by atoms with Crippen LogP contribution in [0.1, 0.15) is 28.4 Å². The monoisotopic (exact) mass is 366 g/mol. The Morgan fingerprint density at radius 3 is 2.79 bits per heavy atom. The summed E-state index contributed by atoms with van der Waals surface area (Å²) in [4.78, 5) is 16.0. The minimum atomic E-state index is -4.05. The van der Waals surface area contributed by atoms with E-state index in [1.165, 1.54) is 18.3 Å². The molecule has 3 rings (SSSR count). The molecule has 0 bridgehead atoms. The lowest BCUT2D eigenvalue weighted by molar-refractivity contribution is 0.0981. The second kappa shape index (κ2) is 6.07. The van der Waals surface area contributed by atoms with Gasteiger partial charge in [0.1, 0.15) is 11.9 Å². The zero-order valence-corrected chi connectivity index (χ0v) is 14.6. The molecule has 0 aliphatic carbocycles. The van der Waals surface area contributed by atoms with Crippen molar-refractivity contribution in [1.29, 1.82) is 0 Å². The second-order valence-electron chi connectivity index (χ2n) is 5.71. The highest BCUT2D eigenvalue weighted by atomic mass is 35.5. The molecule has 6 nitrogen and oxygen atoms in total. The topological polar surface area (TPSA) is 85.4 Å². The Labute approximate surface area is 144 Å². The number of halogens is 1. The first-order chi connectivity index (χ1) is 11.3. The van der Waals surface area contributed by atoms with Crippen LogP contribution < -0.4 is 9.46 Å². The fourth-order valence-corrected chi connectivity index (χ4v) is 3.93. The number of aryl methyl sites for hydroxylation is 1. The molecule has 1 atom stereocenters. The molecule has 1 unspecified atom stereocenters. The molecule has 0 radical (unpaired) electrons. The predicted molar refractivity (Wildman–Crippen MR) is 88.9 cm³/mol. The van der Waals surface area contributed by atoms with Crippen molar-refractivity contribution in [3.63, 3.8) is 0 Å². The van der Waals surface area contributed by atoms with Gasteiger partial charge in [0.25, 0.3) is 15.9 Å². The Kier molecular flexibility index (Phi) is 4.23. The average molecular weight is 367 g/mol. The Hall–Kier alpha value is -2.12. The Bertz CT molecular complexity index is 928. The number of carbonyl (C=O) groups is 1. The molecule has 0 fully saturated rings. The molecule has 1 aliphatic heterocycles. The average Bonchev–Trinajstić information content (AvgIpc) is 2.88. The SMILES string of the molecule is Cc1cncc(C(=O)NS(=O)(=O)c2cc(Cl)c3c(c2)CC(C)O3)c1. The number of nitrogens with one attached hydrogen (secondary N) is 1. The van der Waals surface area contributed by atoms with E-state index >= 15 is 0 Å². The smallest absolute Gasteiger partial charge is 0.266 e. The number of rotatable bonds is 3. The minimum Gasteiger partial charge on any atom is -0.489 e. The third-order valence-corrected chi connectivity index (χ3v) is 5.19. The summed E-state index contributed by atoms with van der Waals surface area (Å²) in [6, 6.07) is 4.32. The maximum atomic E-state index is 12.5. The lowest BCUT2D eigenvalue weighted by Crippen LogP contribution is -2.30. The summed E-state index contributed by atoms with van der Waals surface area (Å²) in [5.74, 6) is -0.246. The number of fused-ring (bicyclic) bond motifs is 1. The van der Waals surface area contributed by atoms with Gasteiger partial charge in [-0.2, -0.15) is 0 Å². The van der Waals surface area contributed by atoms with E-state index in [0.717, 1.165) is 5.56 Å². The van der Waals surface area contributed by atoms with Gasteiger partial charge in [0.2, 0.25) is 0 Å². The van der Waals surface area contributed by atoms with Gasteiger partial charge in [-0.1, -0.05) is 11.6 Å². The van der Waals surface area contributed by atoms with Gasteiger partial charge in [0.15, 0.2) is 0 Å². The number of benzene rings is 1. The molecule has 126 valence electrons. The normalized spacial score (nSPS) is 16.4. The fourth-order valence-electron chi connectivity index (χ4n) is 2.53. The lowest BCUT2D eigenvalue weighted by atomic mass is 10.1. The van der Waals surface area contributed by atoms with Gasteiger partial charge >= 0.3 is 0 Å². The standard InChI is InChI=1S/C16H15ClN2O4S/c1-9-3-12(8-18-7-9)16(20)19-24(21,22)13-5-11-4-10(2)23-15(11)14(17)6-13/h3,5-8,10H,4H2,1-2H3,(H,19,20). The van der Waals surface area contributed by atoms with Crippen LogP contribution in [0.4, 0.5) is 0 Å². The number of ether oxygens (including phenoxy) is 1. The van der Waals surface area contributed by atoms with Crippen LogP contribution in [0.25, 0.3) is 0 Å². The second-order valence-corrected chi connectivity index (χ2v) is 7.80. The quantitative estimate of drug-likeness (QED) is 0.902. The van der Waals surface area contributed by atoms with Crippen LogP contribution in [-0.4, -0.2) is 25.4 Å². The van der Waals surface area contributed by atoms with Crippen molar-refractivity contribution in [2.24, 2.45) is 0 Å². The van der Waals surface area contributed by atoms with Crippen molar-refractivity contribution >= 4 is 27.5 Å². The van der Waals surface area contributed by atoms with Gasteiger partial charge in [0, 0.05) is 24.4 Å². The van der Waals surface area contributed by atoms with E-state index in [-0.39, 0.29) is 21.6 Å². The van der Waals surface area contributed by atoms with Gasteiger partial charge < -0.3 is 4.74 Å². The number of hydrogen-bond donors (Lipinski definition) is 1. The van der Waals surface area contributed by atoms with Gasteiger partial charge in [-0.25, -0.2) is 13.1 Å². The van der Waals surface area contributed by atoms with Crippen LogP contribution in [0.2, 0.25) is 5.02 Å². The van der Waals surface area contributed by atoms with Gasteiger partial charge in [0.05, 0.1) is 15.5 Å². The zero-order valence-electron chi connectivity index (χ0n) is 13.0. The number of sulfonamides is 1. The van der Waals surface area contributed by atoms with E-state index in [1.807, 2.05) is 11.6 Å². The highest BCUT2D eigenvalue weighted by Crippen LogP contribution is 2.37. The van der Waals surface area contributed by atoms with E-state index in [0.29, 0.717) is 17.7 Å². The number of carbonyl (C=O) groups excluding carboxylic acids is 1. The van der Waals surface area contributed by atoms with E-state index in [2.05, 4.69) is 4.98 Å². The first-order valence-electron chi connectivity index (χ1n) is 7.24. The van der Waals surface area contributed by atoms with Gasteiger partial charge in [-0.15, -0.1) is 0 Å². The van der Waals surface area contributed by atoms with Crippen LogP contribution in [0, 0.1) is 6.92 Å². The number of hydrogen-bond acceptors (Lipinski definition) is 5. The van der Waals surface area contributed by atoms with Crippen LogP contribution in [0.3, 0.4) is 0 Å². The molecule has 0 spiro atoms. The highest BCUT2D eigenvalue weighted by molar-refractivity contribution is 7.90. The minimum absolute atomic E-state index is 0.0663. The van der Waals surface area contributed by atoms with Crippen molar-refractivity contribution in [2.75, 3.05) is 0 Å². The van der Waals surface area contributed by atoms with Gasteiger partial charge in [-0.3, -0.25) is 9.78 Å². The third-order valence-electron chi connectivity index (χ3n) is 3.59. The molecule has 2 heterocycles. The molecule has 8 heteroatoms. The number of aromatic nitrogens is 1. The zero-order chi connectivity index (χ0) is 17.5. The summed E-state index contributed by atoms with van der Waals surface area (Å²) in [5, 5.41) is 0.210. The first kappa shape index (κ1) is 16.7. The largest absolute Gasteiger partial charge is 0.489 e. The first-order valence-corrected chi connectivity index (χ1v) is 9.10. The Morgan fingerprint density at radius 1 is 1.33 bits per heavy atom.